The fourth-order valence-corrected chi connectivity index (χ4v) is 2.50. The lowest BCUT2D eigenvalue weighted by Gasteiger charge is -2.29. The average molecular weight is 276 g/mol. The minimum atomic E-state index is 0.00891. The second kappa shape index (κ2) is 6.06. The third kappa shape index (κ3) is 3.27. The van der Waals surface area contributed by atoms with Crippen molar-refractivity contribution >= 4 is 5.82 Å². The molecule has 5 heteroatoms. The van der Waals surface area contributed by atoms with E-state index in [0.717, 1.165) is 44.3 Å². The second-order valence-electron chi connectivity index (χ2n) is 5.86. The maximum absolute atomic E-state index is 5.85. The van der Waals surface area contributed by atoms with Crippen LogP contribution < -0.4 is 5.32 Å². The molecule has 1 N–H and O–H groups in total. The van der Waals surface area contributed by atoms with Gasteiger partial charge in [-0.1, -0.05) is 6.92 Å². The van der Waals surface area contributed by atoms with Crippen LogP contribution in [0.5, 0.6) is 0 Å². The molecule has 1 atom stereocenters. The third-order valence-corrected chi connectivity index (χ3v) is 3.87. The number of hydrogen-bond acceptors (Lipinski definition) is 5. The van der Waals surface area contributed by atoms with Crippen molar-refractivity contribution < 1.29 is 4.74 Å². The number of anilines is 1. The molecule has 0 spiro atoms. The minimum absolute atomic E-state index is 0.00891. The van der Waals surface area contributed by atoms with Gasteiger partial charge in [0.2, 0.25) is 0 Å². The van der Waals surface area contributed by atoms with Crippen LogP contribution in [0.4, 0.5) is 5.82 Å². The van der Waals surface area contributed by atoms with Crippen LogP contribution in [-0.4, -0.2) is 48.2 Å². The number of nitrogens with one attached hydrogen (secondary N) is 1. The highest BCUT2D eigenvalue weighted by molar-refractivity contribution is 5.38. The van der Waals surface area contributed by atoms with Gasteiger partial charge in [-0.25, -0.2) is 9.97 Å². The van der Waals surface area contributed by atoms with Crippen molar-refractivity contribution in [1.82, 2.24) is 14.9 Å². The monoisotopic (exact) mass is 276 g/mol. The van der Waals surface area contributed by atoms with Crippen molar-refractivity contribution in [2.45, 2.75) is 38.2 Å². The van der Waals surface area contributed by atoms with E-state index in [4.69, 9.17) is 9.72 Å². The Balaban J connectivity index is 1.82. The molecule has 110 valence electrons. The Morgan fingerprint density at radius 1 is 1.40 bits per heavy atom. The average Bonchev–Trinajstić information content (AvgIpc) is 3.29. The number of hydrogen-bond donors (Lipinski definition) is 1. The highest BCUT2D eigenvalue weighted by Gasteiger charge is 2.28. The first-order chi connectivity index (χ1) is 9.76. The van der Waals surface area contributed by atoms with Crippen molar-refractivity contribution in [1.29, 1.82) is 0 Å². The van der Waals surface area contributed by atoms with Crippen LogP contribution in [0.3, 0.4) is 0 Å². The molecular formula is C15H24N4O. The quantitative estimate of drug-likeness (QED) is 0.893. The third-order valence-electron chi connectivity index (χ3n) is 3.87. The zero-order valence-corrected chi connectivity index (χ0v) is 12.4. The predicted octanol–water partition coefficient (Wildman–Crippen LogP) is 2.18. The summed E-state index contributed by atoms with van der Waals surface area (Å²) in [4.78, 5) is 11.7. The van der Waals surface area contributed by atoms with E-state index in [2.05, 4.69) is 35.2 Å². The van der Waals surface area contributed by atoms with E-state index in [0.29, 0.717) is 5.92 Å². The molecule has 1 aromatic heterocycles. The van der Waals surface area contributed by atoms with E-state index in [1.54, 1.807) is 0 Å². The number of morpholine rings is 1. The van der Waals surface area contributed by atoms with E-state index < -0.39 is 0 Å². The molecule has 1 aliphatic heterocycles. The maximum Gasteiger partial charge on any atom is 0.161 e. The molecule has 0 radical (unpaired) electrons. The number of ether oxygens (including phenoxy) is 1. The SMILES string of the molecule is CCCNc1cc(C2CC2)nc(C2CN(C)CCO2)n1. The standard InChI is InChI=1S/C15H24N4O/c1-3-6-16-14-9-12(11-4-5-11)17-15(18-14)13-10-19(2)7-8-20-13/h9,11,13H,3-8,10H2,1-2H3,(H,16,17,18). The van der Waals surface area contributed by atoms with E-state index in [-0.39, 0.29) is 6.10 Å². The zero-order valence-electron chi connectivity index (χ0n) is 12.4. The Morgan fingerprint density at radius 3 is 2.95 bits per heavy atom. The van der Waals surface area contributed by atoms with Crippen LogP contribution in [0, 0.1) is 0 Å². The van der Waals surface area contributed by atoms with E-state index in [1.165, 1.54) is 18.5 Å². The van der Waals surface area contributed by atoms with Crippen molar-refractivity contribution in [3.05, 3.63) is 17.6 Å². The number of aromatic nitrogens is 2. The highest BCUT2D eigenvalue weighted by atomic mass is 16.5. The molecule has 1 aliphatic carbocycles. The first-order valence-corrected chi connectivity index (χ1v) is 7.69. The molecule has 1 saturated heterocycles. The lowest BCUT2D eigenvalue weighted by Crippen LogP contribution is -2.36. The first-order valence-electron chi connectivity index (χ1n) is 7.69. The molecule has 2 aliphatic rings. The van der Waals surface area contributed by atoms with Crippen LogP contribution in [0.1, 0.15) is 49.7 Å². The minimum Gasteiger partial charge on any atom is -0.370 e. The molecule has 2 heterocycles. The van der Waals surface area contributed by atoms with Gasteiger partial charge in [0.25, 0.3) is 0 Å². The van der Waals surface area contributed by atoms with Gasteiger partial charge in [-0.2, -0.15) is 0 Å². The van der Waals surface area contributed by atoms with Gasteiger partial charge in [0.05, 0.1) is 6.61 Å². The lowest BCUT2D eigenvalue weighted by molar-refractivity contribution is -0.0255. The van der Waals surface area contributed by atoms with Gasteiger partial charge in [0.1, 0.15) is 11.9 Å². The van der Waals surface area contributed by atoms with Gasteiger partial charge in [-0.3, -0.25) is 0 Å². The van der Waals surface area contributed by atoms with Crippen LogP contribution in [0.15, 0.2) is 6.07 Å². The first kappa shape index (κ1) is 13.8. The van der Waals surface area contributed by atoms with E-state index >= 15 is 0 Å². The molecule has 2 fully saturated rings. The summed E-state index contributed by atoms with van der Waals surface area (Å²) in [5, 5.41) is 3.39. The van der Waals surface area contributed by atoms with Gasteiger partial charge in [0.15, 0.2) is 5.82 Å². The summed E-state index contributed by atoms with van der Waals surface area (Å²) in [7, 11) is 2.12. The lowest BCUT2D eigenvalue weighted by atomic mass is 10.2. The molecule has 0 aromatic carbocycles. The van der Waals surface area contributed by atoms with E-state index in [1.807, 2.05) is 0 Å². The predicted molar refractivity (Wildman–Crippen MR) is 79.0 cm³/mol. The normalized spacial score (nSPS) is 23.8. The summed E-state index contributed by atoms with van der Waals surface area (Å²) in [6.45, 7) is 5.74. The van der Waals surface area contributed by atoms with Gasteiger partial charge >= 0.3 is 0 Å². The summed E-state index contributed by atoms with van der Waals surface area (Å²) in [6, 6.07) is 2.11. The van der Waals surface area contributed by atoms with E-state index in [9.17, 15) is 0 Å². The second-order valence-corrected chi connectivity index (χ2v) is 5.86. The number of likely N-dealkylation sites (N-methyl/N-ethyl adjacent to an activating group) is 1. The topological polar surface area (TPSA) is 50.3 Å². The molecule has 1 unspecified atom stereocenters. The number of rotatable bonds is 5. The summed E-state index contributed by atoms with van der Waals surface area (Å²) < 4.78 is 5.85. The van der Waals surface area contributed by atoms with Crippen LogP contribution in [-0.2, 0) is 4.74 Å². The molecular weight excluding hydrogens is 252 g/mol. The van der Waals surface area contributed by atoms with Gasteiger partial charge in [0, 0.05) is 37.3 Å². The largest absolute Gasteiger partial charge is 0.370 e. The summed E-state index contributed by atoms with van der Waals surface area (Å²) >= 11 is 0. The Kier molecular flexibility index (Phi) is 4.17. The number of nitrogens with zero attached hydrogens (tertiary/aromatic N) is 3. The van der Waals surface area contributed by atoms with Gasteiger partial charge in [-0.05, 0) is 26.3 Å². The molecule has 5 nitrogen and oxygen atoms in total. The Hall–Kier alpha value is -1.20. The highest BCUT2D eigenvalue weighted by Crippen LogP contribution is 2.40. The fraction of sp³-hybridized carbons (Fsp3) is 0.733. The van der Waals surface area contributed by atoms with Crippen molar-refractivity contribution in [3.8, 4) is 0 Å². The summed E-state index contributed by atoms with van der Waals surface area (Å²) in [5.74, 6) is 2.44. The molecule has 0 amide bonds. The summed E-state index contributed by atoms with van der Waals surface area (Å²) in [6.07, 6.45) is 3.62. The van der Waals surface area contributed by atoms with Gasteiger partial charge in [-0.15, -0.1) is 0 Å². The molecule has 20 heavy (non-hydrogen) atoms. The Labute approximate surface area is 120 Å². The van der Waals surface area contributed by atoms with Crippen LogP contribution in [0.2, 0.25) is 0 Å². The fourth-order valence-electron chi connectivity index (χ4n) is 2.50. The summed E-state index contributed by atoms with van der Waals surface area (Å²) in [5.41, 5.74) is 1.19. The van der Waals surface area contributed by atoms with Crippen molar-refractivity contribution in [3.63, 3.8) is 0 Å². The Bertz CT molecular complexity index is 461. The van der Waals surface area contributed by atoms with Crippen molar-refractivity contribution in [2.24, 2.45) is 0 Å². The van der Waals surface area contributed by atoms with Crippen molar-refractivity contribution in [2.75, 3.05) is 38.6 Å². The van der Waals surface area contributed by atoms with Crippen LogP contribution in [0.25, 0.3) is 0 Å². The Morgan fingerprint density at radius 2 is 2.25 bits per heavy atom. The zero-order chi connectivity index (χ0) is 13.9. The smallest absolute Gasteiger partial charge is 0.161 e. The van der Waals surface area contributed by atoms with Crippen LogP contribution >= 0.6 is 0 Å². The molecule has 1 aromatic rings. The molecule has 1 saturated carbocycles. The van der Waals surface area contributed by atoms with Gasteiger partial charge < -0.3 is 15.0 Å². The molecule has 0 bridgehead atoms. The maximum atomic E-state index is 5.85. The molecule has 3 rings (SSSR count).